The molecule has 10 N–H and O–H groups in total. The van der Waals surface area contributed by atoms with Gasteiger partial charge in [-0.25, -0.2) is 4.79 Å². The highest BCUT2D eigenvalue weighted by Crippen LogP contribution is 2.15. The van der Waals surface area contributed by atoms with Gasteiger partial charge in [0.15, 0.2) is 12.0 Å². The molecule has 0 saturated heterocycles. The number of carbonyl (C=O) groups excluding carboxylic acids is 3. The van der Waals surface area contributed by atoms with Crippen LogP contribution in [0.5, 0.6) is 0 Å². The van der Waals surface area contributed by atoms with Crippen LogP contribution in [0.4, 0.5) is 0 Å². The summed E-state index contributed by atoms with van der Waals surface area (Å²) in [6, 6.07) is 5.06. The Bertz CT molecular complexity index is 1030. The number of nitrogens with two attached hydrogens (primary N) is 2. The second-order valence-electron chi connectivity index (χ2n) is 9.16. The molecule has 4 atom stereocenters. The molecule has 2 rings (SSSR count). The lowest BCUT2D eigenvalue weighted by Crippen LogP contribution is -2.54. The van der Waals surface area contributed by atoms with Crippen molar-refractivity contribution >= 4 is 29.7 Å². The molecule has 0 fully saturated rings. The third kappa shape index (κ3) is 9.48. The third-order valence-electron chi connectivity index (χ3n) is 6.07. The Hall–Kier alpha value is -3.97. The fourth-order valence-electron chi connectivity index (χ4n) is 3.82. The van der Waals surface area contributed by atoms with Crippen LogP contribution in [0.25, 0.3) is 0 Å². The van der Waals surface area contributed by atoms with E-state index in [2.05, 4.69) is 16.0 Å². The van der Waals surface area contributed by atoms with Gasteiger partial charge in [0.1, 0.15) is 12.1 Å². The van der Waals surface area contributed by atoms with E-state index in [-0.39, 0.29) is 25.3 Å². The van der Waals surface area contributed by atoms with Gasteiger partial charge < -0.3 is 42.5 Å². The Morgan fingerprint density at radius 1 is 1.11 bits per heavy atom. The van der Waals surface area contributed by atoms with Gasteiger partial charge in [-0.1, -0.05) is 42.0 Å². The molecule has 1 aliphatic rings. The van der Waals surface area contributed by atoms with Gasteiger partial charge in [0.05, 0.1) is 6.10 Å². The monoisotopic (exact) mass is 531 g/mol. The summed E-state index contributed by atoms with van der Waals surface area (Å²) in [4.78, 5) is 50.7. The van der Waals surface area contributed by atoms with Crippen molar-refractivity contribution in [1.29, 1.82) is 5.41 Å². The number of rotatable bonds is 14. The lowest BCUT2D eigenvalue weighted by atomic mass is 10.0. The number of nitrogens with zero attached hydrogens (tertiary/aromatic N) is 1. The van der Waals surface area contributed by atoms with Crippen molar-refractivity contribution in [2.75, 3.05) is 19.6 Å². The summed E-state index contributed by atoms with van der Waals surface area (Å²) < 4.78 is 0. The molecule has 3 amide bonds. The number of hydrogen-bond acceptors (Lipinski definition) is 7. The Morgan fingerprint density at radius 2 is 1.79 bits per heavy atom. The van der Waals surface area contributed by atoms with Crippen LogP contribution in [0.3, 0.4) is 0 Å². The standard InChI is InChI=1S/C25H37N7O6/c1-15(33)20(26)23(36)30-18(13-16-10-12-32(14-16)25(27)28)22(35)29-11-6-5-9-19(34)31-21(24(37)38)17-7-3-2-4-8-17/h2-4,7-8,10,15,18,20-21,33H,5-6,9,11-14,26H2,1H3,(H3,27,28)(H,29,35)(H,30,36)(H,31,34)(H,37,38). The van der Waals surface area contributed by atoms with Crippen molar-refractivity contribution in [2.45, 2.75) is 56.8 Å². The maximum Gasteiger partial charge on any atom is 0.330 e. The first kappa shape index (κ1) is 30.3. The van der Waals surface area contributed by atoms with Crippen molar-refractivity contribution in [3.8, 4) is 0 Å². The minimum atomic E-state index is -1.21. The zero-order chi connectivity index (χ0) is 28.2. The van der Waals surface area contributed by atoms with Crippen LogP contribution >= 0.6 is 0 Å². The van der Waals surface area contributed by atoms with E-state index < -0.39 is 47.9 Å². The molecule has 0 saturated carbocycles. The van der Waals surface area contributed by atoms with Crippen molar-refractivity contribution in [2.24, 2.45) is 11.5 Å². The van der Waals surface area contributed by atoms with Crippen LogP contribution in [-0.2, 0) is 19.2 Å². The number of aliphatic carboxylic acids is 1. The first-order chi connectivity index (χ1) is 18.0. The second-order valence-corrected chi connectivity index (χ2v) is 9.16. The summed E-state index contributed by atoms with van der Waals surface area (Å²) in [6.07, 6.45) is 1.82. The molecular weight excluding hydrogens is 494 g/mol. The lowest BCUT2D eigenvalue weighted by Gasteiger charge is -2.23. The molecule has 1 heterocycles. The molecular formula is C25H37N7O6. The second kappa shape index (κ2) is 14.7. The van der Waals surface area contributed by atoms with Crippen LogP contribution in [0.1, 0.15) is 44.2 Å². The van der Waals surface area contributed by atoms with Crippen LogP contribution in [0, 0.1) is 5.41 Å². The Kier molecular flexibility index (Phi) is 11.7. The molecule has 1 aromatic rings. The number of aliphatic hydroxyl groups excluding tert-OH is 1. The zero-order valence-electron chi connectivity index (χ0n) is 21.4. The summed E-state index contributed by atoms with van der Waals surface area (Å²) >= 11 is 0. The number of benzene rings is 1. The largest absolute Gasteiger partial charge is 0.479 e. The predicted octanol–water partition coefficient (Wildman–Crippen LogP) is -1.07. The predicted molar refractivity (Wildman–Crippen MR) is 140 cm³/mol. The number of unbranched alkanes of at least 4 members (excludes halogenated alkanes) is 1. The fraction of sp³-hybridized carbons (Fsp3) is 0.480. The fourth-order valence-corrected chi connectivity index (χ4v) is 3.82. The Balaban J connectivity index is 1.85. The number of carboxylic acid groups (broad SMARTS) is 1. The van der Waals surface area contributed by atoms with E-state index in [0.717, 1.165) is 5.57 Å². The molecule has 13 nitrogen and oxygen atoms in total. The van der Waals surface area contributed by atoms with E-state index in [9.17, 15) is 29.4 Å². The number of guanidine groups is 1. The Labute approximate surface area is 221 Å². The summed E-state index contributed by atoms with van der Waals surface area (Å²) in [5.74, 6) is -2.82. The molecule has 1 aliphatic heterocycles. The molecule has 1 aromatic carbocycles. The summed E-state index contributed by atoms with van der Waals surface area (Å²) in [5.41, 5.74) is 12.5. The van der Waals surface area contributed by atoms with Gasteiger partial charge in [-0.3, -0.25) is 19.8 Å². The van der Waals surface area contributed by atoms with Crippen LogP contribution in [0.2, 0.25) is 0 Å². The van der Waals surface area contributed by atoms with Gasteiger partial charge in [-0.2, -0.15) is 0 Å². The van der Waals surface area contributed by atoms with Gasteiger partial charge >= 0.3 is 5.97 Å². The number of carboxylic acids is 1. The Morgan fingerprint density at radius 3 is 2.37 bits per heavy atom. The molecule has 0 radical (unpaired) electrons. The quantitative estimate of drug-likeness (QED) is 0.0632. The van der Waals surface area contributed by atoms with Gasteiger partial charge in [0, 0.05) is 26.1 Å². The highest BCUT2D eigenvalue weighted by atomic mass is 16.4. The van der Waals surface area contributed by atoms with Gasteiger partial charge in [-0.05, 0) is 31.7 Å². The molecule has 13 heteroatoms. The molecule has 0 aromatic heterocycles. The normalized spacial score (nSPS) is 16.0. The minimum Gasteiger partial charge on any atom is -0.479 e. The topological polar surface area (TPSA) is 224 Å². The first-order valence-corrected chi connectivity index (χ1v) is 12.3. The number of nitrogens with one attached hydrogen (secondary N) is 4. The van der Waals surface area contributed by atoms with Crippen molar-refractivity contribution < 1.29 is 29.4 Å². The molecule has 4 unspecified atom stereocenters. The van der Waals surface area contributed by atoms with E-state index in [1.165, 1.54) is 6.92 Å². The summed E-state index contributed by atoms with van der Waals surface area (Å²) in [7, 11) is 0. The average molecular weight is 532 g/mol. The third-order valence-corrected chi connectivity index (χ3v) is 6.07. The number of carbonyl (C=O) groups is 4. The highest BCUT2D eigenvalue weighted by molar-refractivity contribution is 5.90. The van der Waals surface area contributed by atoms with Crippen LogP contribution < -0.4 is 27.4 Å². The molecule has 0 bridgehead atoms. The maximum absolute atomic E-state index is 12.9. The van der Waals surface area contributed by atoms with E-state index >= 15 is 0 Å². The van der Waals surface area contributed by atoms with Gasteiger partial charge in [-0.15, -0.1) is 0 Å². The summed E-state index contributed by atoms with van der Waals surface area (Å²) in [6.45, 7) is 2.38. The minimum absolute atomic E-state index is 0.0731. The average Bonchev–Trinajstić information content (AvgIpc) is 3.35. The van der Waals surface area contributed by atoms with Crippen LogP contribution in [-0.4, -0.2) is 82.6 Å². The highest BCUT2D eigenvalue weighted by Gasteiger charge is 2.28. The molecule has 38 heavy (non-hydrogen) atoms. The van der Waals surface area contributed by atoms with Crippen LogP contribution in [0.15, 0.2) is 42.0 Å². The van der Waals surface area contributed by atoms with Crippen molar-refractivity contribution in [3.05, 3.63) is 47.5 Å². The van der Waals surface area contributed by atoms with E-state index in [1.54, 1.807) is 35.2 Å². The first-order valence-electron chi connectivity index (χ1n) is 12.3. The number of hydrogen-bond donors (Lipinski definition) is 8. The van der Waals surface area contributed by atoms with Gasteiger partial charge in [0.25, 0.3) is 0 Å². The summed E-state index contributed by atoms with van der Waals surface area (Å²) in [5, 5.41) is 34.4. The van der Waals surface area contributed by atoms with E-state index in [1.807, 2.05) is 6.08 Å². The SMILES string of the molecule is CC(O)C(N)C(=O)NC(CC1=CCN(C(=N)N)C1)C(=O)NCCCCC(=O)NC(C(=O)O)c1ccccc1. The van der Waals surface area contributed by atoms with Crippen molar-refractivity contribution in [3.63, 3.8) is 0 Å². The number of amides is 3. The zero-order valence-corrected chi connectivity index (χ0v) is 21.4. The molecule has 0 aliphatic carbocycles. The van der Waals surface area contributed by atoms with Crippen molar-refractivity contribution in [1.82, 2.24) is 20.9 Å². The van der Waals surface area contributed by atoms with E-state index in [0.29, 0.717) is 31.5 Å². The molecule has 0 spiro atoms. The van der Waals surface area contributed by atoms with Gasteiger partial charge in [0.2, 0.25) is 17.7 Å². The maximum atomic E-state index is 12.9. The number of aliphatic hydroxyl groups is 1. The lowest BCUT2D eigenvalue weighted by molar-refractivity contribution is -0.142. The molecule has 208 valence electrons. The smallest absolute Gasteiger partial charge is 0.330 e. The van der Waals surface area contributed by atoms with E-state index in [4.69, 9.17) is 16.9 Å².